The lowest BCUT2D eigenvalue weighted by molar-refractivity contribution is 0.0736. The fraction of sp³-hybridized carbons (Fsp3) is 0. The SMILES string of the molecule is O=C(N/N=C\c1cccc(OC(=O)c2cccc3ccccc23)c1)c1ccc(Cl)c(Cl)c1. The summed E-state index contributed by atoms with van der Waals surface area (Å²) < 4.78 is 5.56. The second-order valence-electron chi connectivity index (χ2n) is 6.82. The molecule has 0 heterocycles. The van der Waals surface area contributed by atoms with Gasteiger partial charge in [0.2, 0.25) is 0 Å². The first-order chi connectivity index (χ1) is 15.5. The third-order valence-corrected chi connectivity index (χ3v) is 5.38. The molecule has 0 unspecified atom stereocenters. The van der Waals surface area contributed by atoms with Crippen LogP contribution >= 0.6 is 23.2 Å². The van der Waals surface area contributed by atoms with E-state index in [9.17, 15) is 9.59 Å². The topological polar surface area (TPSA) is 67.8 Å². The number of benzene rings is 4. The summed E-state index contributed by atoms with van der Waals surface area (Å²) >= 11 is 11.8. The number of fused-ring (bicyclic) bond motifs is 1. The molecule has 4 rings (SSSR count). The van der Waals surface area contributed by atoms with E-state index in [1.165, 1.54) is 18.3 Å². The van der Waals surface area contributed by atoms with Crippen molar-refractivity contribution in [1.29, 1.82) is 0 Å². The molecule has 0 saturated heterocycles. The molecule has 0 aliphatic heterocycles. The van der Waals surface area contributed by atoms with E-state index in [-0.39, 0.29) is 5.02 Å². The van der Waals surface area contributed by atoms with Crippen molar-refractivity contribution in [2.75, 3.05) is 0 Å². The van der Waals surface area contributed by atoms with Crippen molar-refractivity contribution in [1.82, 2.24) is 5.43 Å². The molecule has 0 fully saturated rings. The normalized spacial score (nSPS) is 10.9. The zero-order chi connectivity index (χ0) is 22.5. The van der Waals surface area contributed by atoms with Crippen LogP contribution in [0.25, 0.3) is 10.8 Å². The van der Waals surface area contributed by atoms with Gasteiger partial charge < -0.3 is 4.74 Å². The number of rotatable bonds is 5. The van der Waals surface area contributed by atoms with Crippen molar-refractivity contribution in [3.8, 4) is 5.75 Å². The fourth-order valence-electron chi connectivity index (χ4n) is 3.09. The van der Waals surface area contributed by atoms with Gasteiger partial charge in [0.05, 0.1) is 21.8 Å². The summed E-state index contributed by atoms with van der Waals surface area (Å²) in [5.41, 5.74) is 3.87. The molecule has 0 bridgehead atoms. The van der Waals surface area contributed by atoms with Crippen molar-refractivity contribution < 1.29 is 14.3 Å². The standard InChI is InChI=1S/C25H16Cl2N2O3/c26-22-12-11-18(14-23(22)27)24(30)29-28-15-16-5-3-8-19(13-16)32-25(31)21-10-4-7-17-6-1-2-9-20(17)21/h1-15H,(H,29,30)/b28-15-. The first kappa shape index (κ1) is 21.6. The number of halogens is 2. The minimum Gasteiger partial charge on any atom is -0.423 e. The summed E-state index contributed by atoms with van der Waals surface area (Å²) in [6, 6.07) is 24.5. The van der Waals surface area contributed by atoms with Crippen LogP contribution in [0.15, 0.2) is 90.0 Å². The molecule has 0 aromatic heterocycles. The summed E-state index contributed by atoms with van der Waals surface area (Å²) in [5.74, 6) is -0.523. The van der Waals surface area contributed by atoms with Crippen LogP contribution in [0.2, 0.25) is 10.0 Å². The summed E-state index contributed by atoms with van der Waals surface area (Å²) in [7, 11) is 0. The number of ether oxygens (including phenoxy) is 1. The number of esters is 1. The van der Waals surface area contributed by atoms with Gasteiger partial charge in [-0.3, -0.25) is 4.79 Å². The van der Waals surface area contributed by atoms with Gasteiger partial charge in [0.15, 0.2) is 0 Å². The molecule has 7 heteroatoms. The smallest absolute Gasteiger partial charge is 0.344 e. The number of hydrazone groups is 1. The highest BCUT2D eigenvalue weighted by molar-refractivity contribution is 6.42. The maximum absolute atomic E-state index is 12.7. The Morgan fingerprint density at radius 1 is 0.844 bits per heavy atom. The van der Waals surface area contributed by atoms with Crippen LogP contribution in [-0.2, 0) is 0 Å². The zero-order valence-corrected chi connectivity index (χ0v) is 18.1. The lowest BCUT2D eigenvalue weighted by Gasteiger charge is -2.08. The summed E-state index contributed by atoms with van der Waals surface area (Å²) in [6.07, 6.45) is 1.45. The third-order valence-electron chi connectivity index (χ3n) is 4.64. The van der Waals surface area contributed by atoms with Gasteiger partial charge >= 0.3 is 5.97 Å². The predicted octanol–water partition coefficient (Wildman–Crippen LogP) is 6.13. The van der Waals surface area contributed by atoms with Crippen LogP contribution in [0.5, 0.6) is 5.75 Å². The van der Waals surface area contributed by atoms with Crippen molar-refractivity contribution in [3.63, 3.8) is 0 Å². The molecule has 158 valence electrons. The predicted molar refractivity (Wildman–Crippen MR) is 127 cm³/mol. The molecule has 0 atom stereocenters. The van der Waals surface area contributed by atoms with Gasteiger partial charge in [-0.25, -0.2) is 10.2 Å². The molecule has 32 heavy (non-hydrogen) atoms. The summed E-state index contributed by atoms with van der Waals surface area (Å²) in [6.45, 7) is 0. The van der Waals surface area contributed by atoms with E-state index in [4.69, 9.17) is 27.9 Å². The maximum atomic E-state index is 12.7. The van der Waals surface area contributed by atoms with Gasteiger partial charge in [0.1, 0.15) is 5.75 Å². The number of hydrogen-bond donors (Lipinski definition) is 1. The van der Waals surface area contributed by atoms with Gasteiger partial charge in [-0.1, -0.05) is 71.7 Å². The lowest BCUT2D eigenvalue weighted by atomic mass is 10.0. The molecule has 0 radical (unpaired) electrons. The van der Waals surface area contributed by atoms with Crippen LogP contribution < -0.4 is 10.2 Å². The van der Waals surface area contributed by atoms with Crippen molar-refractivity contribution in [2.45, 2.75) is 0 Å². The third kappa shape index (κ3) is 4.97. The Morgan fingerprint density at radius 2 is 1.62 bits per heavy atom. The van der Waals surface area contributed by atoms with Gasteiger partial charge in [0.25, 0.3) is 5.91 Å². The van der Waals surface area contributed by atoms with Crippen molar-refractivity contribution in [2.24, 2.45) is 5.10 Å². The summed E-state index contributed by atoms with van der Waals surface area (Å²) in [4.78, 5) is 24.9. The minimum atomic E-state index is -0.455. The highest BCUT2D eigenvalue weighted by Crippen LogP contribution is 2.23. The molecule has 0 aliphatic rings. The zero-order valence-electron chi connectivity index (χ0n) is 16.6. The highest BCUT2D eigenvalue weighted by atomic mass is 35.5. The molecular formula is C25H16Cl2N2O3. The fourth-order valence-corrected chi connectivity index (χ4v) is 3.39. The van der Waals surface area contributed by atoms with Crippen LogP contribution in [0, 0.1) is 0 Å². The Balaban J connectivity index is 1.44. The van der Waals surface area contributed by atoms with E-state index in [0.717, 1.165) is 10.8 Å². The number of amides is 1. The highest BCUT2D eigenvalue weighted by Gasteiger charge is 2.12. The Hall–Kier alpha value is -3.67. The van der Waals surface area contributed by atoms with E-state index in [2.05, 4.69) is 10.5 Å². The first-order valence-corrected chi connectivity index (χ1v) is 10.4. The van der Waals surface area contributed by atoms with Crippen molar-refractivity contribution in [3.05, 3.63) is 112 Å². The first-order valence-electron chi connectivity index (χ1n) is 9.60. The molecule has 1 amide bonds. The van der Waals surface area contributed by atoms with Crippen molar-refractivity contribution >= 4 is 52.1 Å². The quantitative estimate of drug-likeness (QED) is 0.168. The van der Waals surface area contributed by atoms with E-state index < -0.39 is 11.9 Å². The molecule has 4 aromatic rings. The Kier molecular flexibility index (Phi) is 6.50. The Bertz CT molecular complexity index is 1350. The van der Waals surface area contributed by atoms with Crippen LogP contribution in [0.4, 0.5) is 0 Å². The van der Waals surface area contributed by atoms with E-state index in [1.807, 2.05) is 36.4 Å². The lowest BCUT2D eigenvalue weighted by Crippen LogP contribution is -2.17. The molecule has 0 aliphatic carbocycles. The van der Waals surface area contributed by atoms with Gasteiger partial charge in [-0.2, -0.15) is 5.10 Å². The van der Waals surface area contributed by atoms with E-state index in [0.29, 0.717) is 27.5 Å². The Morgan fingerprint density at radius 3 is 2.47 bits per heavy atom. The van der Waals surface area contributed by atoms with E-state index >= 15 is 0 Å². The minimum absolute atomic E-state index is 0.281. The maximum Gasteiger partial charge on any atom is 0.344 e. The van der Waals surface area contributed by atoms with Gasteiger partial charge in [-0.15, -0.1) is 0 Å². The molecule has 5 nitrogen and oxygen atoms in total. The average molecular weight is 463 g/mol. The Labute approximate surface area is 194 Å². The average Bonchev–Trinajstić information content (AvgIpc) is 2.80. The molecule has 0 saturated carbocycles. The number of nitrogens with zero attached hydrogens (tertiary/aromatic N) is 1. The van der Waals surface area contributed by atoms with Crippen LogP contribution in [-0.4, -0.2) is 18.1 Å². The molecule has 4 aromatic carbocycles. The second-order valence-corrected chi connectivity index (χ2v) is 7.63. The number of nitrogens with one attached hydrogen (secondary N) is 1. The number of carbonyl (C=O) groups excluding carboxylic acids is 2. The van der Waals surface area contributed by atoms with Gasteiger partial charge in [-0.05, 0) is 52.7 Å². The summed E-state index contributed by atoms with van der Waals surface area (Å²) in [5, 5.41) is 6.37. The monoisotopic (exact) mass is 462 g/mol. The molecule has 0 spiro atoms. The second kappa shape index (κ2) is 9.64. The molecular weight excluding hydrogens is 447 g/mol. The largest absolute Gasteiger partial charge is 0.423 e. The number of hydrogen-bond acceptors (Lipinski definition) is 4. The van der Waals surface area contributed by atoms with Crippen LogP contribution in [0.3, 0.4) is 0 Å². The van der Waals surface area contributed by atoms with Crippen LogP contribution in [0.1, 0.15) is 26.3 Å². The molecule has 1 N–H and O–H groups in total. The number of carbonyl (C=O) groups is 2. The van der Waals surface area contributed by atoms with E-state index in [1.54, 1.807) is 36.4 Å². The van der Waals surface area contributed by atoms with Gasteiger partial charge in [0, 0.05) is 5.56 Å².